The van der Waals surface area contributed by atoms with Gasteiger partial charge < -0.3 is 25.2 Å². The minimum absolute atomic E-state index is 0.0113. The van der Waals surface area contributed by atoms with Gasteiger partial charge in [-0.3, -0.25) is 10.1 Å². The molecule has 1 aliphatic rings. The van der Waals surface area contributed by atoms with Crippen molar-refractivity contribution >= 4 is 23.0 Å². The molecule has 1 aromatic carbocycles. The van der Waals surface area contributed by atoms with Crippen molar-refractivity contribution in [3.05, 3.63) is 40.6 Å². The highest BCUT2D eigenvalue weighted by atomic mass is 19.4. The third kappa shape index (κ3) is 4.61. The first-order chi connectivity index (χ1) is 13.2. The number of ether oxygens (including phenoxy) is 2. The van der Waals surface area contributed by atoms with Gasteiger partial charge in [-0.2, -0.15) is 0 Å². The molecule has 0 spiro atoms. The fraction of sp³-hybridized carbons (Fsp3) is 0.333. The maximum atomic E-state index is 12.3. The summed E-state index contributed by atoms with van der Waals surface area (Å²) in [4.78, 5) is 11.7. The molecule has 0 amide bonds. The van der Waals surface area contributed by atoms with E-state index in [9.17, 15) is 28.4 Å². The van der Waals surface area contributed by atoms with Crippen molar-refractivity contribution in [2.75, 3.05) is 18.4 Å². The average molecular weight is 401 g/mol. The van der Waals surface area contributed by atoms with E-state index < -0.39 is 29.5 Å². The van der Waals surface area contributed by atoms with Gasteiger partial charge in [0.25, 0.3) is 0 Å². The van der Waals surface area contributed by atoms with Crippen LogP contribution in [0.1, 0.15) is 12.8 Å². The molecule has 150 valence electrons. The van der Waals surface area contributed by atoms with E-state index in [0.717, 1.165) is 18.2 Å². The summed E-state index contributed by atoms with van der Waals surface area (Å²) in [5.41, 5.74) is -0.644. The molecular formula is C15H14F3N5O5. The van der Waals surface area contributed by atoms with Crippen LogP contribution in [-0.4, -0.2) is 30.5 Å². The Balaban J connectivity index is 1.69. The van der Waals surface area contributed by atoms with Crippen molar-refractivity contribution in [3.8, 4) is 5.75 Å². The number of hydrogen-bond acceptors (Lipinski definition) is 8. The first-order valence-corrected chi connectivity index (χ1v) is 8.03. The van der Waals surface area contributed by atoms with Gasteiger partial charge in [-0.1, -0.05) is 0 Å². The molecule has 2 aromatic rings. The zero-order valence-electron chi connectivity index (χ0n) is 14.2. The van der Waals surface area contributed by atoms with Crippen LogP contribution in [0.2, 0.25) is 0 Å². The molecule has 0 atom stereocenters. The van der Waals surface area contributed by atoms with Crippen molar-refractivity contribution in [2.24, 2.45) is 0 Å². The molecule has 2 heterocycles. The summed E-state index contributed by atoms with van der Waals surface area (Å²) in [6.45, 7) is 0.632. The van der Waals surface area contributed by atoms with Crippen LogP contribution < -0.4 is 24.9 Å². The normalized spacial score (nSPS) is 13.8. The third-order valence-electron chi connectivity index (χ3n) is 3.62. The van der Waals surface area contributed by atoms with Crippen molar-refractivity contribution in [2.45, 2.75) is 19.2 Å². The number of carbonyl (C=O) groups is 1. The van der Waals surface area contributed by atoms with Crippen LogP contribution in [0, 0.1) is 10.4 Å². The number of benzene rings is 1. The molecule has 10 nitrogen and oxygen atoms in total. The van der Waals surface area contributed by atoms with Gasteiger partial charge in [0.2, 0.25) is 5.10 Å². The Labute approximate surface area is 155 Å². The molecule has 0 aliphatic carbocycles. The van der Waals surface area contributed by atoms with Gasteiger partial charge in [0.1, 0.15) is 11.5 Å². The van der Waals surface area contributed by atoms with Gasteiger partial charge >= 0.3 is 23.8 Å². The Bertz CT molecular complexity index is 934. The quantitative estimate of drug-likeness (QED) is 0.409. The maximum Gasteiger partial charge on any atom is 0.573 e. The predicted molar refractivity (Wildman–Crippen MR) is 86.2 cm³/mol. The Morgan fingerprint density at radius 2 is 2.11 bits per heavy atom. The molecule has 0 fully saturated rings. The minimum atomic E-state index is -4.94. The molecular weight excluding hydrogens is 387 g/mol. The standard InChI is InChI=1S/C15H14F3N5O5/c16-15(17,18)28-9-1-2-11-12(7-9)23(26)21-14(22(11)25)20-6-4-13(24)27-10-3-5-19-8-10/h1-2,7-8,19H,3-6H2,(H,20,21). The molecule has 13 heteroatoms. The maximum absolute atomic E-state index is 12.3. The van der Waals surface area contributed by atoms with Gasteiger partial charge in [-0.05, 0) is 12.1 Å². The largest absolute Gasteiger partial charge is 0.739 e. The molecule has 3 rings (SSSR count). The molecule has 0 unspecified atom stereocenters. The van der Waals surface area contributed by atoms with E-state index in [-0.39, 0.29) is 28.1 Å². The van der Waals surface area contributed by atoms with Gasteiger partial charge in [-0.25, -0.2) is 4.73 Å². The lowest BCUT2D eigenvalue weighted by atomic mass is 10.3. The smallest absolute Gasteiger partial charge is 0.573 e. The second-order valence-corrected chi connectivity index (χ2v) is 5.65. The number of nitrogens with one attached hydrogen (secondary N) is 2. The Kier molecular flexibility index (Phi) is 5.24. The molecule has 1 aromatic heterocycles. The summed E-state index contributed by atoms with van der Waals surface area (Å²) in [5.74, 6) is -1.11. The zero-order chi connectivity index (χ0) is 20.3. The fourth-order valence-corrected chi connectivity index (χ4v) is 2.43. The van der Waals surface area contributed by atoms with Gasteiger partial charge in [-0.15, -0.1) is 13.2 Å². The van der Waals surface area contributed by atoms with Crippen molar-refractivity contribution in [1.29, 1.82) is 0 Å². The van der Waals surface area contributed by atoms with E-state index in [4.69, 9.17) is 4.74 Å². The van der Waals surface area contributed by atoms with E-state index in [2.05, 4.69) is 20.5 Å². The number of hydrogen-bond donors (Lipinski definition) is 2. The molecule has 28 heavy (non-hydrogen) atoms. The monoisotopic (exact) mass is 401 g/mol. The highest BCUT2D eigenvalue weighted by molar-refractivity contribution is 5.71. The summed E-state index contributed by atoms with van der Waals surface area (Å²) in [6, 6.07) is 2.65. The number of rotatable bonds is 6. The third-order valence-corrected chi connectivity index (χ3v) is 3.62. The van der Waals surface area contributed by atoms with E-state index >= 15 is 0 Å². The lowest BCUT2D eigenvalue weighted by Crippen LogP contribution is -2.44. The minimum Gasteiger partial charge on any atom is -0.739 e. The molecule has 1 aliphatic heterocycles. The van der Waals surface area contributed by atoms with E-state index in [0.29, 0.717) is 18.7 Å². The molecule has 2 N–H and O–H groups in total. The SMILES string of the molecule is O=C(CCNc1n[n+]([O-])c2cc(OC(F)(F)F)ccc2[n+]1[O-])OC1=CNCC1. The number of aromatic nitrogens is 3. The lowest BCUT2D eigenvalue weighted by molar-refractivity contribution is -0.672. The summed E-state index contributed by atoms with van der Waals surface area (Å²) < 4.78 is 45.8. The zero-order valence-corrected chi connectivity index (χ0v) is 14.2. The Hall–Kier alpha value is -3.51. The summed E-state index contributed by atoms with van der Waals surface area (Å²) >= 11 is 0. The van der Waals surface area contributed by atoms with Crippen LogP contribution >= 0.6 is 0 Å². The van der Waals surface area contributed by atoms with E-state index in [1.54, 1.807) is 6.20 Å². The van der Waals surface area contributed by atoms with Crippen molar-refractivity contribution in [1.82, 2.24) is 10.4 Å². The number of esters is 1. The van der Waals surface area contributed by atoms with Crippen LogP contribution in [0.4, 0.5) is 19.1 Å². The Morgan fingerprint density at radius 3 is 2.79 bits per heavy atom. The van der Waals surface area contributed by atoms with Crippen molar-refractivity contribution in [3.63, 3.8) is 0 Å². The first kappa shape index (κ1) is 19.3. The molecule has 0 saturated carbocycles. The van der Waals surface area contributed by atoms with E-state index in [1.807, 2.05) is 0 Å². The topological polar surface area (TPSA) is 126 Å². The molecule has 0 saturated heterocycles. The van der Waals surface area contributed by atoms with Crippen molar-refractivity contribution < 1.29 is 37.0 Å². The number of anilines is 1. The summed E-state index contributed by atoms with van der Waals surface area (Å²) in [5, 5.41) is 33.1. The molecule has 0 radical (unpaired) electrons. The van der Waals surface area contributed by atoms with Gasteiger partial charge in [0.05, 0.1) is 19.0 Å². The second kappa shape index (κ2) is 7.62. The fourth-order valence-electron chi connectivity index (χ4n) is 2.43. The summed E-state index contributed by atoms with van der Waals surface area (Å²) in [7, 11) is 0. The first-order valence-electron chi connectivity index (χ1n) is 8.03. The number of alkyl halides is 3. The number of nitrogens with zero attached hydrogens (tertiary/aromatic N) is 3. The van der Waals surface area contributed by atoms with Crippen LogP contribution in [0.25, 0.3) is 11.0 Å². The van der Waals surface area contributed by atoms with E-state index in [1.165, 1.54) is 0 Å². The highest BCUT2D eigenvalue weighted by Crippen LogP contribution is 2.24. The van der Waals surface area contributed by atoms with Gasteiger partial charge in [0, 0.05) is 24.0 Å². The summed E-state index contributed by atoms with van der Waals surface area (Å²) in [6.07, 6.45) is -2.88. The Morgan fingerprint density at radius 1 is 1.32 bits per heavy atom. The average Bonchev–Trinajstić information content (AvgIpc) is 3.10. The van der Waals surface area contributed by atoms with Gasteiger partial charge in [0.15, 0.2) is 5.52 Å². The lowest BCUT2D eigenvalue weighted by Gasteiger charge is -2.12. The predicted octanol–water partition coefficient (Wildman–Crippen LogP) is 0.580. The van der Waals surface area contributed by atoms with Crippen LogP contribution in [0.3, 0.4) is 0 Å². The van der Waals surface area contributed by atoms with Crippen LogP contribution in [0.15, 0.2) is 30.2 Å². The van der Waals surface area contributed by atoms with Crippen LogP contribution in [-0.2, 0) is 9.53 Å². The highest BCUT2D eigenvalue weighted by Gasteiger charge is 2.32. The number of fused-ring (bicyclic) bond motifs is 1. The number of carbonyl (C=O) groups excluding carboxylic acids is 1. The van der Waals surface area contributed by atoms with Crippen LogP contribution in [0.5, 0.6) is 5.75 Å². The molecule has 0 bridgehead atoms. The number of halogens is 3. The second-order valence-electron chi connectivity index (χ2n) is 5.65.